The summed E-state index contributed by atoms with van der Waals surface area (Å²) >= 11 is 0. The topological polar surface area (TPSA) is 34.1 Å². The van der Waals surface area contributed by atoms with Gasteiger partial charge < -0.3 is 10.1 Å². The lowest BCUT2D eigenvalue weighted by Crippen LogP contribution is -2.21. The van der Waals surface area contributed by atoms with E-state index in [0.29, 0.717) is 12.7 Å². The van der Waals surface area contributed by atoms with Gasteiger partial charge in [0.2, 0.25) is 0 Å². The highest BCUT2D eigenvalue weighted by atomic mass is 16.5. The fraction of sp³-hybridized carbons (Fsp3) is 0.583. The monoisotopic (exact) mass is 206 g/mol. The fourth-order valence-electron chi connectivity index (χ4n) is 1.59. The molecule has 1 fully saturated rings. The van der Waals surface area contributed by atoms with E-state index in [1.54, 1.807) is 0 Å². The number of nitrogens with zero attached hydrogens (tertiary/aromatic N) is 1. The second-order valence-electron chi connectivity index (χ2n) is 4.05. The van der Waals surface area contributed by atoms with Crippen LogP contribution in [0.3, 0.4) is 0 Å². The number of nitrogens with one attached hydrogen (secondary N) is 1. The Morgan fingerprint density at radius 1 is 1.47 bits per heavy atom. The van der Waals surface area contributed by atoms with E-state index in [2.05, 4.69) is 16.4 Å². The lowest BCUT2D eigenvalue weighted by atomic mass is 9.96. The van der Waals surface area contributed by atoms with Crippen LogP contribution in [0, 0.1) is 0 Å². The summed E-state index contributed by atoms with van der Waals surface area (Å²) < 4.78 is 5.69. The van der Waals surface area contributed by atoms with Gasteiger partial charge >= 0.3 is 0 Å². The summed E-state index contributed by atoms with van der Waals surface area (Å²) in [4.78, 5) is 4.36. The molecule has 1 saturated carbocycles. The minimum atomic E-state index is 0.490. The molecule has 0 spiro atoms. The molecule has 3 heteroatoms. The predicted molar refractivity (Wildman–Crippen MR) is 59.4 cm³/mol. The van der Waals surface area contributed by atoms with Crippen LogP contribution in [0.1, 0.15) is 30.5 Å². The molecule has 1 aliphatic carbocycles. The van der Waals surface area contributed by atoms with Gasteiger partial charge in [-0.05, 0) is 37.9 Å². The van der Waals surface area contributed by atoms with E-state index in [4.69, 9.17) is 4.74 Å². The van der Waals surface area contributed by atoms with Gasteiger partial charge in [-0.2, -0.15) is 0 Å². The zero-order valence-electron chi connectivity index (χ0n) is 9.20. The number of hydrogen-bond acceptors (Lipinski definition) is 3. The number of aromatic nitrogens is 1. The van der Waals surface area contributed by atoms with E-state index in [1.807, 2.05) is 19.3 Å². The molecule has 0 unspecified atom stereocenters. The molecule has 1 aromatic rings. The molecule has 2 rings (SSSR count). The van der Waals surface area contributed by atoms with Crippen molar-refractivity contribution < 1.29 is 4.74 Å². The second kappa shape index (κ2) is 5.24. The summed E-state index contributed by atoms with van der Waals surface area (Å²) in [6, 6.07) is 4.15. The number of hydrogen-bond donors (Lipinski definition) is 1. The van der Waals surface area contributed by atoms with Crippen LogP contribution in [-0.2, 0) is 17.9 Å². The molecule has 0 radical (unpaired) electrons. The van der Waals surface area contributed by atoms with E-state index in [9.17, 15) is 0 Å². The SMILES string of the molecule is CNCc1ccc(COC2CCC2)nc1. The van der Waals surface area contributed by atoms with Gasteiger partial charge in [-0.1, -0.05) is 6.07 Å². The molecule has 1 N–H and O–H groups in total. The third-order valence-corrected chi connectivity index (χ3v) is 2.79. The molecule has 0 saturated heterocycles. The molecular formula is C12H18N2O. The summed E-state index contributed by atoms with van der Waals surface area (Å²) in [5.74, 6) is 0. The van der Waals surface area contributed by atoms with Crippen molar-refractivity contribution in [2.45, 2.75) is 38.5 Å². The first-order valence-electron chi connectivity index (χ1n) is 5.58. The van der Waals surface area contributed by atoms with Crippen molar-refractivity contribution in [3.8, 4) is 0 Å². The third kappa shape index (κ3) is 3.01. The largest absolute Gasteiger partial charge is 0.372 e. The molecule has 0 atom stereocenters. The summed E-state index contributed by atoms with van der Waals surface area (Å²) in [5.41, 5.74) is 2.24. The van der Waals surface area contributed by atoms with Crippen molar-refractivity contribution in [3.05, 3.63) is 29.6 Å². The zero-order valence-corrected chi connectivity index (χ0v) is 9.20. The predicted octanol–water partition coefficient (Wildman–Crippen LogP) is 1.87. The smallest absolute Gasteiger partial charge is 0.0891 e. The van der Waals surface area contributed by atoms with E-state index in [1.165, 1.54) is 24.8 Å². The molecule has 82 valence electrons. The molecule has 1 heterocycles. The van der Waals surface area contributed by atoms with Gasteiger partial charge in [0.1, 0.15) is 0 Å². The molecule has 3 nitrogen and oxygen atoms in total. The third-order valence-electron chi connectivity index (χ3n) is 2.79. The van der Waals surface area contributed by atoms with Crippen LogP contribution in [-0.4, -0.2) is 18.1 Å². The Bertz CT molecular complexity index is 293. The van der Waals surface area contributed by atoms with Crippen LogP contribution < -0.4 is 5.32 Å². The first-order valence-corrected chi connectivity index (χ1v) is 5.58. The normalized spacial score (nSPS) is 16.3. The van der Waals surface area contributed by atoms with Gasteiger partial charge in [-0.15, -0.1) is 0 Å². The maximum atomic E-state index is 5.69. The van der Waals surface area contributed by atoms with E-state index in [-0.39, 0.29) is 0 Å². The van der Waals surface area contributed by atoms with Gasteiger partial charge in [-0.25, -0.2) is 0 Å². The Labute approximate surface area is 90.9 Å². The van der Waals surface area contributed by atoms with Crippen LogP contribution in [0.2, 0.25) is 0 Å². The molecule has 1 aromatic heterocycles. The van der Waals surface area contributed by atoms with Crippen molar-refractivity contribution in [2.75, 3.05) is 7.05 Å². The van der Waals surface area contributed by atoms with Crippen LogP contribution in [0.5, 0.6) is 0 Å². The van der Waals surface area contributed by atoms with Crippen molar-refractivity contribution >= 4 is 0 Å². The average molecular weight is 206 g/mol. The van der Waals surface area contributed by atoms with Crippen molar-refractivity contribution in [1.29, 1.82) is 0 Å². The highest BCUT2D eigenvalue weighted by molar-refractivity contribution is 5.13. The highest BCUT2D eigenvalue weighted by Gasteiger charge is 2.17. The number of rotatable bonds is 5. The lowest BCUT2D eigenvalue weighted by molar-refractivity contribution is -0.0101. The molecule has 0 aliphatic heterocycles. The maximum absolute atomic E-state index is 5.69. The minimum absolute atomic E-state index is 0.490. The molecule has 0 amide bonds. The summed E-state index contributed by atoms with van der Waals surface area (Å²) in [6.45, 7) is 1.53. The summed E-state index contributed by atoms with van der Waals surface area (Å²) in [5, 5.41) is 3.10. The van der Waals surface area contributed by atoms with Crippen LogP contribution in [0.15, 0.2) is 18.3 Å². The Kier molecular flexibility index (Phi) is 3.69. The van der Waals surface area contributed by atoms with Crippen LogP contribution in [0.25, 0.3) is 0 Å². The first kappa shape index (κ1) is 10.6. The van der Waals surface area contributed by atoms with E-state index >= 15 is 0 Å². The minimum Gasteiger partial charge on any atom is -0.372 e. The molecular weight excluding hydrogens is 188 g/mol. The Balaban J connectivity index is 1.80. The first-order chi connectivity index (χ1) is 7.38. The lowest BCUT2D eigenvalue weighted by Gasteiger charge is -2.25. The average Bonchev–Trinajstić information content (AvgIpc) is 2.19. The Morgan fingerprint density at radius 3 is 2.87 bits per heavy atom. The molecule has 1 aliphatic rings. The van der Waals surface area contributed by atoms with Crippen molar-refractivity contribution in [2.24, 2.45) is 0 Å². The Hall–Kier alpha value is -0.930. The van der Waals surface area contributed by atoms with Gasteiger partial charge in [0.05, 0.1) is 18.4 Å². The zero-order chi connectivity index (χ0) is 10.5. The van der Waals surface area contributed by atoms with Gasteiger partial charge in [0.15, 0.2) is 0 Å². The highest BCUT2D eigenvalue weighted by Crippen LogP contribution is 2.22. The van der Waals surface area contributed by atoms with Crippen LogP contribution in [0.4, 0.5) is 0 Å². The fourth-order valence-corrected chi connectivity index (χ4v) is 1.59. The van der Waals surface area contributed by atoms with E-state index < -0.39 is 0 Å². The van der Waals surface area contributed by atoms with Crippen molar-refractivity contribution in [1.82, 2.24) is 10.3 Å². The van der Waals surface area contributed by atoms with Gasteiger partial charge in [0, 0.05) is 12.7 Å². The number of pyridine rings is 1. The summed E-state index contributed by atoms with van der Waals surface area (Å²) in [7, 11) is 1.94. The Morgan fingerprint density at radius 2 is 2.33 bits per heavy atom. The standard InChI is InChI=1S/C12H18N2O/c1-13-7-10-5-6-11(14-8-10)9-15-12-3-2-4-12/h5-6,8,12-13H,2-4,7,9H2,1H3. The summed E-state index contributed by atoms with van der Waals surface area (Å²) in [6.07, 6.45) is 6.16. The maximum Gasteiger partial charge on any atom is 0.0891 e. The number of ether oxygens (including phenoxy) is 1. The second-order valence-corrected chi connectivity index (χ2v) is 4.05. The van der Waals surface area contributed by atoms with Crippen LogP contribution >= 0.6 is 0 Å². The van der Waals surface area contributed by atoms with Gasteiger partial charge in [-0.3, -0.25) is 4.98 Å². The molecule has 0 bridgehead atoms. The van der Waals surface area contributed by atoms with E-state index in [0.717, 1.165) is 12.2 Å². The molecule has 0 aromatic carbocycles. The molecule has 15 heavy (non-hydrogen) atoms. The van der Waals surface area contributed by atoms with Crippen molar-refractivity contribution in [3.63, 3.8) is 0 Å². The quantitative estimate of drug-likeness (QED) is 0.798. The van der Waals surface area contributed by atoms with Gasteiger partial charge in [0.25, 0.3) is 0 Å².